The number of esters is 1. The highest BCUT2D eigenvalue weighted by Gasteiger charge is 2.26. The van der Waals surface area contributed by atoms with Crippen molar-refractivity contribution in [2.24, 2.45) is 5.92 Å². The predicted molar refractivity (Wildman–Crippen MR) is 53.0 cm³/mol. The van der Waals surface area contributed by atoms with Crippen LogP contribution in [0.1, 0.15) is 12.8 Å². The maximum Gasteiger partial charge on any atom is 0.311 e. The number of rotatable bonds is 3. The van der Waals surface area contributed by atoms with Gasteiger partial charge in [0.1, 0.15) is 0 Å². The summed E-state index contributed by atoms with van der Waals surface area (Å²) in [5, 5.41) is 0. The van der Waals surface area contributed by atoms with E-state index in [1.807, 2.05) is 0 Å². The summed E-state index contributed by atoms with van der Waals surface area (Å²) in [6.45, 7) is 7.51. The molecule has 0 bridgehead atoms. The molecule has 4 heteroatoms. The van der Waals surface area contributed by atoms with Crippen LogP contribution in [0.15, 0.2) is 0 Å². The van der Waals surface area contributed by atoms with E-state index in [1.165, 1.54) is 0 Å². The molecule has 0 N–H and O–H groups in total. The fourth-order valence-electron chi connectivity index (χ4n) is 1.24. The third-order valence-corrected chi connectivity index (χ3v) is 3.02. The molecule has 13 heavy (non-hydrogen) atoms. The van der Waals surface area contributed by atoms with Gasteiger partial charge in [0, 0.05) is 6.61 Å². The van der Waals surface area contributed by atoms with Crippen LogP contribution < -0.4 is 0 Å². The van der Waals surface area contributed by atoms with Crippen LogP contribution in [0.2, 0.25) is 19.6 Å². The molecule has 1 aliphatic rings. The summed E-state index contributed by atoms with van der Waals surface area (Å²) in [6.07, 6.45) is 1.90. The van der Waals surface area contributed by atoms with E-state index >= 15 is 0 Å². The minimum absolute atomic E-state index is 0.0134. The fraction of sp³-hybridized carbons (Fsp3) is 0.889. The lowest BCUT2D eigenvalue weighted by molar-refractivity contribution is -0.154. The van der Waals surface area contributed by atoms with Crippen molar-refractivity contribution in [3.63, 3.8) is 0 Å². The maximum atomic E-state index is 11.2. The Bertz CT molecular complexity index is 186. The molecule has 1 rings (SSSR count). The highest BCUT2D eigenvalue weighted by molar-refractivity contribution is 6.69. The third kappa shape index (κ3) is 3.91. The van der Waals surface area contributed by atoms with Gasteiger partial charge in [-0.15, -0.1) is 0 Å². The van der Waals surface area contributed by atoms with E-state index in [0.29, 0.717) is 13.2 Å². The van der Waals surface area contributed by atoms with Gasteiger partial charge in [0.2, 0.25) is 0 Å². The Labute approximate surface area is 80.5 Å². The molecule has 0 saturated carbocycles. The molecule has 1 aliphatic heterocycles. The molecule has 0 radical (unpaired) electrons. The largest absolute Gasteiger partial charge is 0.465 e. The van der Waals surface area contributed by atoms with Crippen molar-refractivity contribution in [1.29, 1.82) is 0 Å². The van der Waals surface area contributed by atoms with Gasteiger partial charge in [0.15, 0.2) is 8.32 Å². The normalized spacial score (nSPS) is 24.2. The van der Waals surface area contributed by atoms with E-state index in [2.05, 4.69) is 19.6 Å². The van der Waals surface area contributed by atoms with Crippen LogP contribution in [0.5, 0.6) is 0 Å². The zero-order valence-electron chi connectivity index (χ0n) is 8.63. The SMILES string of the molecule is C[Si](C)(C)OCC1CCCOC1=O. The molecule has 0 aromatic rings. The minimum atomic E-state index is -1.48. The molecule has 1 saturated heterocycles. The Morgan fingerprint density at radius 2 is 2.23 bits per heavy atom. The Kier molecular flexibility index (Phi) is 3.50. The van der Waals surface area contributed by atoms with Crippen molar-refractivity contribution in [3.8, 4) is 0 Å². The zero-order chi connectivity index (χ0) is 9.90. The summed E-state index contributed by atoms with van der Waals surface area (Å²) >= 11 is 0. The van der Waals surface area contributed by atoms with Crippen LogP contribution in [0.4, 0.5) is 0 Å². The van der Waals surface area contributed by atoms with Crippen LogP contribution in [0.3, 0.4) is 0 Å². The van der Waals surface area contributed by atoms with Gasteiger partial charge in [-0.2, -0.15) is 0 Å². The molecule has 1 atom stereocenters. The first-order valence-corrected chi connectivity index (χ1v) is 8.20. The van der Waals surface area contributed by atoms with Crippen LogP contribution >= 0.6 is 0 Å². The molecule has 1 heterocycles. The van der Waals surface area contributed by atoms with Gasteiger partial charge in [0.25, 0.3) is 0 Å². The second kappa shape index (κ2) is 4.24. The molecular formula is C9H18O3Si. The molecule has 0 aromatic heterocycles. The third-order valence-electron chi connectivity index (χ3n) is 1.99. The summed E-state index contributed by atoms with van der Waals surface area (Å²) in [4.78, 5) is 11.2. The molecule has 0 amide bonds. The van der Waals surface area contributed by atoms with Crippen LogP contribution in [-0.2, 0) is 14.0 Å². The van der Waals surface area contributed by atoms with Gasteiger partial charge in [0.05, 0.1) is 12.5 Å². The minimum Gasteiger partial charge on any atom is -0.465 e. The second-order valence-corrected chi connectivity index (χ2v) is 8.94. The molecule has 0 aliphatic carbocycles. The van der Waals surface area contributed by atoms with Gasteiger partial charge < -0.3 is 9.16 Å². The topological polar surface area (TPSA) is 35.5 Å². The molecular weight excluding hydrogens is 184 g/mol. The van der Waals surface area contributed by atoms with E-state index < -0.39 is 8.32 Å². The van der Waals surface area contributed by atoms with E-state index in [4.69, 9.17) is 9.16 Å². The Balaban J connectivity index is 2.31. The van der Waals surface area contributed by atoms with Gasteiger partial charge >= 0.3 is 5.97 Å². The van der Waals surface area contributed by atoms with E-state index in [0.717, 1.165) is 12.8 Å². The van der Waals surface area contributed by atoms with Crippen molar-refractivity contribution in [1.82, 2.24) is 0 Å². The molecule has 0 spiro atoms. The van der Waals surface area contributed by atoms with Crippen molar-refractivity contribution in [2.75, 3.05) is 13.2 Å². The van der Waals surface area contributed by atoms with E-state index in [1.54, 1.807) is 0 Å². The van der Waals surface area contributed by atoms with Crippen molar-refractivity contribution < 1.29 is 14.0 Å². The van der Waals surface area contributed by atoms with Gasteiger partial charge in [-0.05, 0) is 32.5 Å². The monoisotopic (exact) mass is 202 g/mol. The van der Waals surface area contributed by atoms with E-state index in [9.17, 15) is 4.79 Å². The number of cyclic esters (lactones) is 1. The highest BCUT2D eigenvalue weighted by atomic mass is 28.4. The molecule has 1 unspecified atom stereocenters. The summed E-state index contributed by atoms with van der Waals surface area (Å²) < 4.78 is 10.6. The molecule has 76 valence electrons. The van der Waals surface area contributed by atoms with Crippen molar-refractivity contribution >= 4 is 14.3 Å². The number of carbonyl (C=O) groups is 1. The Morgan fingerprint density at radius 3 is 2.77 bits per heavy atom. The number of hydrogen-bond acceptors (Lipinski definition) is 3. The van der Waals surface area contributed by atoms with Gasteiger partial charge in [-0.3, -0.25) is 4.79 Å². The summed E-state index contributed by atoms with van der Waals surface area (Å²) in [5.74, 6) is -0.0926. The van der Waals surface area contributed by atoms with Crippen LogP contribution in [-0.4, -0.2) is 27.5 Å². The lowest BCUT2D eigenvalue weighted by Gasteiger charge is -2.24. The number of hydrogen-bond donors (Lipinski definition) is 0. The second-order valence-electron chi connectivity index (χ2n) is 4.43. The van der Waals surface area contributed by atoms with Gasteiger partial charge in [-0.1, -0.05) is 0 Å². The molecule has 1 fully saturated rings. The molecule has 0 aromatic carbocycles. The number of carbonyl (C=O) groups excluding carboxylic acids is 1. The summed E-state index contributed by atoms with van der Waals surface area (Å²) in [5.41, 5.74) is 0. The summed E-state index contributed by atoms with van der Waals surface area (Å²) in [6, 6.07) is 0. The van der Waals surface area contributed by atoms with Gasteiger partial charge in [-0.25, -0.2) is 0 Å². The Morgan fingerprint density at radius 1 is 1.54 bits per heavy atom. The fourth-order valence-corrected chi connectivity index (χ4v) is 1.94. The zero-order valence-corrected chi connectivity index (χ0v) is 9.63. The van der Waals surface area contributed by atoms with Crippen molar-refractivity contribution in [3.05, 3.63) is 0 Å². The summed E-state index contributed by atoms with van der Waals surface area (Å²) in [7, 11) is -1.48. The quantitative estimate of drug-likeness (QED) is 0.517. The number of ether oxygens (including phenoxy) is 1. The van der Waals surface area contributed by atoms with Crippen LogP contribution in [0, 0.1) is 5.92 Å². The Hall–Kier alpha value is -0.353. The lowest BCUT2D eigenvalue weighted by Crippen LogP contribution is -2.34. The maximum absolute atomic E-state index is 11.2. The van der Waals surface area contributed by atoms with E-state index in [-0.39, 0.29) is 11.9 Å². The first-order valence-electron chi connectivity index (χ1n) is 4.79. The first kappa shape index (κ1) is 10.7. The smallest absolute Gasteiger partial charge is 0.311 e. The standard InChI is InChI=1S/C9H18O3Si/c1-13(2,3)12-7-8-5-4-6-11-9(8)10/h8H,4-7H2,1-3H3. The first-order chi connectivity index (χ1) is 5.99. The lowest BCUT2D eigenvalue weighted by atomic mass is 10.0. The highest BCUT2D eigenvalue weighted by Crippen LogP contribution is 2.17. The predicted octanol–water partition coefficient (Wildman–Crippen LogP) is 1.79. The average molecular weight is 202 g/mol. The average Bonchev–Trinajstić information content (AvgIpc) is 2.01. The molecule has 3 nitrogen and oxygen atoms in total. The van der Waals surface area contributed by atoms with Crippen molar-refractivity contribution in [2.45, 2.75) is 32.5 Å². The van der Waals surface area contributed by atoms with Crippen LogP contribution in [0.25, 0.3) is 0 Å².